The zero-order valence-electron chi connectivity index (χ0n) is 14.6. The lowest BCUT2D eigenvalue weighted by atomic mass is 9.96. The number of methoxy groups -OCH3 is 1. The van der Waals surface area contributed by atoms with Crippen LogP contribution in [0.3, 0.4) is 0 Å². The maximum Gasteiger partial charge on any atom is 0.222 e. The van der Waals surface area contributed by atoms with Crippen LogP contribution in [0.4, 0.5) is 0 Å². The van der Waals surface area contributed by atoms with E-state index in [0.29, 0.717) is 5.02 Å². The highest BCUT2D eigenvalue weighted by Crippen LogP contribution is 2.48. The summed E-state index contributed by atoms with van der Waals surface area (Å²) in [5.74, 6) is 1.72. The molecule has 3 aromatic rings. The van der Waals surface area contributed by atoms with Gasteiger partial charge in [0.25, 0.3) is 0 Å². The maximum absolute atomic E-state index is 6.32. The first-order valence-corrected chi connectivity index (χ1v) is 9.98. The molecule has 0 bridgehead atoms. The van der Waals surface area contributed by atoms with Crippen LogP contribution >= 0.6 is 22.9 Å². The lowest BCUT2D eigenvalue weighted by Gasteiger charge is -2.37. The van der Waals surface area contributed by atoms with E-state index in [2.05, 4.69) is 28.6 Å². The molecule has 0 spiro atoms. The topological polar surface area (TPSA) is 34.1 Å². The van der Waals surface area contributed by atoms with Gasteiger partial charge in [0.15, 0.2) is 0 Å². The fraction of sp³-hybridized carbons (Fsp3) is 0.190. The predicted octanol–water partition coefficient (Wildman–Crippen LogP) is 5.65. The van der Waals surface area contributed by atoms with Gasteiger partial charge in [0.2, 0.25) is 6.23 Å². The number of rotatable bonds is 3. The quantitative estimate of drug-likeness (QED) is 0.573. The Morgan fingerprint density at radius 1 is 1.19 bits per heavy atom. The van der Waals surface area contributed by atoms with Crippen molar-refractivity contribution in [1.29, 1.82) is 0 Å². The van der Waals surface area contributed by atoms with Crippen LogP contribution in [-0.4, -0.2) is 17.8 Å². The van der Waals surface area contributed by atoms with Crippen LogP contribution in [0.1, 0.15) is 34.7 Å². The van der Waals surface area contributed by atoms with Gasteiger partial charge in [-0.05, 0) is 59.5 Å². The SMILES string of the molecule is COc1ccc(C2=NN3[C@@H](C2)c2cc(Cl)ccc2O[C@H]3c2cccs2)cc1. The van der Waals surface area contributed by atoms with Crippen LogP contribution in [0, 0.1) is 0 Å². The van der Waals surface area contributed by atoms with Gasteiger partial charge < -0.3 is 9.47 Å². The van der Waals surface area contributed by atoms with Crippen molar-refractivity contribution < 1.29 is 9.47 Å². The highest BCUT2D eigenvalue weighted by atomic mass is 35.5. The van der Waals surface area contributed by atoms with E-state index in [1.165, 1.54) is 0 Å². The Morgan fingerprint density at radius 2 is 2.04 bits per heavy atom. The third kappa shape index (κ3) is 2.87. The Morgan fingerprint density at radius 3 is 2.78 bits per heavy atom. The minimum atomic E-state index is -0.223. The summed E-state index contributed by atoms with van der Waals surface area (Å²) < 4.78 is 11.6. The summed E-state index contributed by atoms with van der Waals surface area (Å²) in [6.07, 6.45) is 0.588. The van der Waals surface area contributed by atoms with E-state index in [4.69, 9.17) is 26.2 Å². The van der Waals surface area contributed by atoms with E-state index >= 15 is 0 Å². The first-order chi connectivity index (χ1) is 13.2. The molecule has 0 aliphatic carbocycles. The third-order valence-electron chi connectivity index (χ3n) is 4.96. The minimum Gasteiger partial charge on any atom is -0.497 e. The number of hydrogen-bond acceptors (Lipinski definition) is 5. The molecule has 0 fully saturated rings. The third-order valence-corrected chi connectivity index (χ3v) is 6.10. The number of hydrazone groups is 1. The summed E-state index contributed by atoms with van der Waals surface area (Å²) in [5, 5.41) is 9.80. The van der Waals surface area contributed by atoms with Crippen molar-refractivity contribution in [2.75, 3.05) is 7.11 Å². The van der Waals surface area contributed by atoms with E-state index < -0.39 is 0 Å². The second-order valence-electron chi connectivity index (χ2n) is 6.54. The average Bonchev–Trinajstić information content (AvgIpc) is 3.38. The number of thiophene rings is 1. The lowest BCUT2D eigenvalue weighted by Crippen LogP contribution is -2.33. The van der Waals surface area contributed by atoms with Crippen molar-refractivity contribution in [3.05, 3.63) is 81.0 Å². The first-order valence-electron chi connectivity index (χ1n) is 8.72. The average molecular weight is 397 g/mol. The molecule has 0 radical (unpaired) electrons. The molecule has 6 heteroatoms. The summed E-state index contributed by atoms with van der Waals surface area (Å²) in [6, 6.07) is 18.1. The van der Waals surface area contributed by atoms with Gasteiger partial charge in [-0.15, -0.1) is 11.3 Å². The monoisotopic (exact) mass is 396 g/mol. The van der Waals surface area contributed by atoms with Gasteiger partial charge in [0.05, 0.1) is 23.7 Å². The van der Waals surface area contributed by atoms with E-state index in [0.717, 1.165) is 39.6 Å². The molecule has 2 aliphatic rings. The Kier molecular flexibility index (Phi) is 4.06. The molecule has 1 aromatic heterocycles. The summed E-state index contributed by atoms with van der Waals surface area (Å²) >= 11 is 7.95. The second-order valence-corrected chi connectivity index (χ2v) is 7.96. The van der Waals surface area contributed by atoms with Crippen LogP contribution in [0.5, 0.6) is 11.5 Å². The number of ether oxygens (including phenoxy) is 2. The van der Waals surface area contributed by atoms with E-state index in [9.17, 15) is 0 Å². The van der Waals surface area contributed by atoms with E-state index in [-0.39, 0.29) is 12.3 Å². The predicted molar refractivity (Wildman–Crippen MR) is 108 cm³/mol. The standard InChI is InChI=1S/C21H17ClN2O2S/c1-25-15-7-4-13(5-8-15)17-12-18-16-11-14(22)6-9-19(16)26-21(24(18)23-17)20-3-2-10-27-20/h2-11,18,21H,12H2,1H3/t18-,21-/m0/s1. The number of hydrogen-bond donors (Lipinski definition) is 0. The van der Waals surface area contributed by atoms with Crippen molar-refractivity contribution in [1.82, 2.24) is 5.01 Å². The molecule has 27 heavy (non-hydrogen) atoms. The minimum absolute atomic E-state index is 0.108. The Balaban J connectivity index is 1.57. The lowest BCUT2D eigenvalue weighted by molar-refractivity contribution is -0.0165. The van der Waals surface area contributed by atoms with Gasteiger partial charge in [-0.25, -0.2) is 5.01 Å². The summed E-state index contributed by atoms with van der Waals surface area (Å²) in [7, 11) is 1.67. The van der Waals surface area contributed by atoms with Gasteiger partial charge in [-0.2, -0.15) is 5.10 Å². The van der Waals surface area contributed by atoms with Crippen LogP contribution in [0.2, 0.25) is 5.02 Å². The molecule has 4 nitrogen and oxygen atoms in total. The molecule has 2 aromatic carbocycles. The van der Waals surface area contributed by atoms with Crippen molar-refractivity contribution in [3.8, 4) is 11.5 Å². The molecule has 136 valence electrons. The van der Waals surface area contributed by atoms with Crippen LogP contribution in [0.15, 0.2) is 65.1 Å². The number of fused-ring (bicyclic) bond motifs is 3. The summed E-state index contributed by atoms with van der Waals surface area (Å²) in [4.78, 5) is 1.14. The van der Waals surface area contributed by atoms with Crippen molar-refractivity contribution >= 4 is 28.6 Å². The normalized spacial score (nSPS) is 20.5. The first kappa shape index (κ1) is 16.7. The molecular formula is C21H17ClN2O2S. The molecule has 0 unspecified atom stereocenters. The molecule has 0 N–H and O–H groups in total. The van der Waals surface area contributed by atoms with E-state index in [1.54, 1.807) is 18.4 Å². The zero-order chi connectivity index (χ0) is 18.4. The van der Waals surface area contributed by atoms with Crippen molar-refractivity contribution in [2.24, 2.45) is 5.10 Å². The molecular weight excluding hydrogens is 380 g/mol. The van der Waals surface area contributed by atoms with Gasteiger partial charge in [0.1, 0.15) is 11.5 Å². The van der Waals surface area contributed by atoms with Gasteiger partial charge >= 0.3 is 0 Å². The maximum atomic E-state index is 6.32. The largest absolute Gasteiger partial charge is 0.497 e. The van der Waals surface area contributed by atoms with E-state index in [1.807, 2.05) is 36.4 Å². The zero-order valence-corrected chi connectivity index (χ0v) is 16.2. The highest BCUT2D eigenvalue weighted by Gasteiger charge is 2.41. The van der Waals surface area contributed by atoms with Crippen molar-refractivity contribution in [2.45, 2.75) is 18.7 Å². The fourth-order valence-corrected chi connectivity index (χ4v) is 4.56. The Hall–Kier alpha value is -2.50. The highest BCUT2D eigenvalue weighted by molar-refractivity contribution is 7.10. The molecule has 2 atom stereocenters. The van der Waals surface area contributed by atoms with Crippen molar-refractivity contribution in [3.63, 3.8) is 0 Å². The van der Waals surface area contributed by atoms with Crippen LogP contribution in [-0.2, 0) is 0 Å². The molecule has 3 heterocycles. The smallest absolute Gasteiger partial charge is 0.222 e. The van der Waals surface area contributed by atoms with Gasteiger partial charge in [0, 0.05) is 17.0 Å². The number of nitrogens with zero attached hydrogens (tertiary/aromatic N) is 2. The fourth-order valence-electron chi connectivity index (χ4n) is 3.64. The van der Waals surface area contributed by atoms with Crippen LogP contribution < -0.4 is 9.47 Å². The van der Waals surface area contributed by atoms with Crippen LogP contribution in [0.25, 0.3) is 0 Å². The Labute approximate surface area is 166 Å². The summed E-state index contributed by atoms with van der Waals surface area (Å²) in [6.45, 7) is 0. The Bertz CT molecular complexity index is 1000. The molecule has 0 saturated carbocycles. The molecule has 0 amide bonds. The summed E-state index contributed by atoms with van der Waals surface area (Å²) in [5.41, 5.74) is 3.22. The number of halogens is 1. The molecule has 0 saturated heterocycles. The molecule has 2 aliphatic heterocycles. The van der Waals surface area contributed by atoms with Gasteiger partial charge in [-0.1, -0.05) is 17.7 Å². The number of benzene rings is 2. The van der Waals surface area contributed by atoms with Gasteiger partial charge in [-0.3, -0.25) is 0 Å². The second kappa shape index (κ2) is 6.59. The molecule has 5 rings (SSSR count).